The van der Waals surface area contributed by atoms with Crippen LogP contribution in [0, 0.1) is 5.92 Å². The van der Waals surface area contributed by atoms with Crippen LogP contribution in [-0.4, -0.2) is 32.9 Å². The molecule has 120 valence electrons. The number of nitrogens with one attached hydrogen (secondary N) is 1. The number of benzene rings is 1. The number of rotatable bonds is 8. The van der Waals surface area contributed by atoms with Crippen molar-refractivity contribution in [3.05, 3.63) is 28.2 Å². The topological polar surface area (TPSA) is 49.4 Å². The summed E-state index contributed by atoms with van der Waals surface area (Å²) in [6.07, 6.45) is 1.05. The van der Waals surface area contributed by atoms with E-state index in [4.69, 9.17) is 0 Å². The molecule has 1 aromatic rings. The third-order valence-corrected chi connectivity index (χ3v) is 5.88. The van der Waals surface area contributed by atoms with Crippen LogP contribution in [0.4, 0.5) is 0 Å². The second-order valence-electron chi connectivity index (χ2n) is 5.62. The maximum Gasteiger partial charge on any atom is 0.243 e. The molecule has 21 heavy (non-hydrogen) atoms. The molecular weight excluding hydrogens is 352 g/mol. The molecule has 0 fully saturated rings. The average Bonchev–Trinajstić information content (AvgIpc) is 2.40. The molecule has 0 spiro atoms. The molecule has 6 heteroatoms. The van der Waals surface area contributed by atoms with E-state index in [-0.39, 0.29) is 5.92 Å². The second-order valence-corrected chi connectivity index (χ2v) is 8.49. The Bertz CT molecular complexity index is 559. The van der Waals surface area contributed by atoms with E-state index in [2.05, 4.69) is 28.2 Å². The fraction of sp³-hybridized carbons (Fsp3) is 0.600. The minimum absolute atomic E-state index is 0.290. The summed E-state index contributed by atoms with van der Waals surface area (Å²) in [5.74, 6) is 0.290. The van der Waals surface area contributed by atoms with Crippen molar-refractivity contribution in [3.8, 4) is 0 Å². The molecule has 0 saturated heterocycles. The van der Waals surface area contributed by atoms with Gasteiger partial charge in [0.15, 0.2) is 0 Å². The van der Waals surface area contributed by atoms with Crippen molar-refractivity contribution in [1.29, 1.82) is 0 Å². The van der Waals surface area contributed by atoms with Gasteiger partial charge in [-0.2, -0.15) is 0 Å². The van der Waals surface area contributed by atoms with Crippen molar-refractivity contribution < 1.29 is 8.42 Å². The summed E-state index contributed by atoms with van der Waals surface area (Å²) in [5, 5.41) is 3.29. The quantitative estimate of drug-likeness (QED) is 0.708. The lowest BCUT2D eigenvalue weighted by Crippen LogP contribution is -2.30. The summed E-state index contributed by atoms with van der Waals surface area (Å²) in [6.45, 7) is 8.22. The van der Waals surface area contributed by atoms with Crippen molar-refractivity contribution in [2.24, 2.45) is 5.92 Å². The number of hydrogen-bond acceptors (Lipinski definition) is 3. The monoisotopic (exact) mass is 376 g/mol. The molecular formula is C15H25BrN2O2S. The Morgan fingerprint density at radius 2 is 2.00 bits per heavy atom. The Labute approximate surface area is 137 Å². The molecule has 0 aromatic heterocycles. The van der Waals surface area contributed by atoms with Crippen LogP contribution in [0.1, 0.15) is 32.8 Å². The molecule has 0 amide bonds. The highest BCUT2D eigenvalue weighted by molar-refractivity contribution is 9.10. The lowest BCUT2D eigenvalue weighted by molar-refractivity contribution is 0.417. The van der Waals surface area contributed by atoms with Gasteiger partial charge in [-0.15, -0.1) is 0 Å². The SMILES string of the molecule is CCCNCc1ccc(Br)c(S(=O)(=O)N(C)CC(C)C)c1. The van der Waals surface area contributed by atoms with Gasteiger partial charge in [0.25, 0.3) is 0 Å². The van der Waals surface area contributed by atoms with E-state index in [9.17, 15) is 8.42 Å². The minimum atomic E-state index is -3.46. The molecule has 1 N–H and O–H groups in total. The van der Waals surface area contributed by atoms with Crippen LogP contribution in [0.5, 0.6) is 0 Å². The first-order valence-corrected chi connectivity index (χ1v) is 9.47. The fourth-order valence-corrected chi connectivity index (χ4v) is 4.35. The Morgan fingerprint density at radius 3 is 2.57 bits per heavy atom. The van der Waals surface area contributed by atoms with Gasteiger partial charge in [0.05, 0.1) is 4.90 Å². The standard InChI is InChI=1S/C15H25BrN2O2S/c1-5-8-17-10-13-6-7-14(16)15(9-13)21(19,20)18(4)11-12(2)3/h6-7,9,12,17H,5,8,10-11H2,1-4H3. The van der Waals surface area contributed by atoms with Gasteiger partial charge in [0.2, 0.25) is 10.0 Å². The van der Waals surface area contributed by atoms with Crippen LogP contribution >= 0.6 is 15.9 Å². The van der Waals surface area contributed by atoms with Gasteiger partial charge < -0.3 is 5.32 Å². The van der Waals surface area contributed by atoms with Crippen LogP contribution in [-0.2, 0) is 16.6 Å². The molecule has 1 aromatic carbocycles. The van der Waals surface area contributed by atoms with E-state index in [0.717, 1.165) is 18.5 Å². The van der Waals surface area contributed by atoms with E-state index in [1.54, 1.807) is 19.2 Å². The van der Waals surface area contributed by atoms with Crippen molar-refractivity contribution in [3.63, 3.8) is 0 Å². The molecule has 0 radical (unpaired) electrons. The van der Waals surface area contributed by atoms with Crippen molar-refractivity contribution in [1.82, 2.24) is 9.62 Å². The van der Waals surface area contributed by atoms with Crippen LogP contribution in [0.15, 0.2) is 27.6 Å². The summed E-state index contributed by atoms with van der Waals surface area (Å²) in [6, 6.07) is 5.49. The zero-order chi connectivity index (χ0) is 16.0. The summed E-state index contributed by atoms with van der Waals surface area (Å²) in [4.78, 5) is 0.335. The lowest BCUT2D eigenvalue weighted by Gasteiger charge is -2.20. The van der Waals surface area contributed by atoms with Crippen molar-refractivity contribution >= 4 is 26.0 Å². The molecule has 0 aliphatic heterocycles. The van der Waals surface area contributed by atoms with Gasteiger partial charge in [-0.25, -0.2) is 12.7 Å². The second kappa shape index (κ2) is 8.27. The Balaban J connectivity index is 3.02. The minimum Gasteiger partial charge on any atom is -0.313 e. The normalized spacial score (nSPS) is 12.3. The molecule has 0 unspecified atom stereocenters. The maximum absolute atomic E-state index is 12.6. The third kappa shape index (κ3) is 5.36. The number of hydrogen-bond donors (Lipinski definition) is 1. The fourth-order valence-electron chi connectivity index (χ4n) is 2.05. The predicted molar refractivity (Wildman–Crippen MR) is 90.8 cm³/mol. The highest BCUT2D eigenvalue weighted by Gasteiger charge is 2.24. The molecule has 0 atom stereocenters. The highest BCUT2D eigenvalue weighted by Crippen LogP contribution is 2.26. The number of nitrogens with zero attached hydrogens (tertiary/aromatic N) is 1. The first-order valence-electron chi connectivity index (χ1n) is 7.24. The van der Waals surface area contributed by atoms with Gasteiger partial charge >= 0.3 is 0 Å². The third-order valence-electron chi connectivity index (χ3n) is 3.06. The first-order chi connectivity index (χ1) is 9.78. The van der Waals surface area contributed by atoms with Crippen LogP contribution in [0.2, 0.25) is 0 Å². The van der Waals surface area contributed by atoms with E-state index in [1.807, 2.05) is 19.9 Å². The first kappa shape index (κ1) is 18.6. The zero-order valence-corrected chi connectivity index (χ0v) is 15.6. The van der Waals surface area contributed by atoms with Crippen LogP contribution in [0.3, 0.4) is 0 Å². The van der Waals surface area contributed by atoms with E-state index < -0.39 is 10.0 Å². The Hall–Kier alpha value is -0.430. The summed E-state index contributed by atoms with van der Waals surface area (Å²) in [5.41, 5.74) is 0.975. The molecule has 1 rings (SSSR count). The zero-order valence-electron chi connectivity index (χ0n) is 13.2. The van der Waals surface area contributed by atoms with Gasteiger partial charge in [0.1, 0.15) is 0 Å². The maximum atomic E-state index is 12.6. The van der Waals surface area contributed by atoms with Crippen LogP contribution in [0.25, 0.3) is 0 Å². The average molecular weight is 377 g/mol. The van der Waals surface area contributed by atoms with Crippen molar-refractivity contribution in [2.45, 2.75) is 38.6 Å². The Morgan fingerprint density at radius 1 is 1.33 bits per heavy atom. The van der Waals surface area contributed by atoms with Gasteiger partial charge in [-0.3, -0.25) is 0 Å². The number of halogens is 1. The van der Waals surface area contributed by atoms with Gasteiger partial charge in [-0.1, -0.05) is 26.8 Å². The molecule has 4 nitrogen and oxygen atoms in total. The van der Waals surface area contributed by atoms with E-state index in [0.29, 0.717) is 22.5 Å². The van der Waals surface area contributed by atoms with Crippen molar-refractivity contribution in [2.75, 3.05) is 20.1 Å². The number of sulfonamides is 1. The molecule has 0 aliphatic carbocycles. The highest BCUT2D eigenvalue weighted by atomic mass is 79.9. The Kier molecular flexibility index (Phi) is 7.33. The van der Waals surface area contributed by atoms with E-state index >= 15 is 0 Å². The van der Waals surface area contributed by atoms with Crippen LogP contribution < -0.4 is 5.32 Å². The van der Waals surface area contributed by atoms with Gasteiger partial charge in [-0.05, 0) is 52.5 Å². The van der Waals surface area contributed by atoms with Gasteiger partial charge in [0, 0.05) is 24.6 Å². The smallest absolute Gasteiger partial charge is 0.243 e. The molecule has 0 bridgehead atoms. The summed E-state index contributed by atoms with van der Waals surface area (Å²) < 4.78 is 27.3. The predicted octanol–water partition coefficient (Wildman–Crippen LogP) is 3.23. The summed E-state index contributed by atoms with van der Waals surface area (Å²) in [7, 11) is -1.83. The van der Waals surface area contributed by atoms with E-state index in [1.165, 1.54) is 4.31 Å². The summed E-state index contributed by atoms with van der Waals surface area (Å²) >= 11 is 3.36. The lowest BCUT2D eigenvalue weighted by atomic mass is 10.2. The molecule has 0 aliphatic rings. The molecule has 0 saturated carbocycles. The molecule has 0 heterocycles. The largest absolute Gasteiger partial charge is 0.313 e.